The van der Waals surface area contributed by atoms with Crippen molar-refractivity contribution in [2.24, 2.45) is 0 Å². The van der Waals surface area contributed by atoms with Crippen molar-refractivity contribution in [3.05, 3.63) is 52.6 Å². The van der Waals surface area contributed by atoms with Gasteiger partial charge in [-0.1, -0.05) is 12.1 Å². The quantitative estimate of drug-likeness (QED) is 0.604. The number of esters is 1. The average molecular weight is 357 g/mol. The number of benzene rings is 1. The van der Waals surface area contributed by atoms with Gasteiger partial charge in [-0.25, -0.2) is 9.78 Å². The van der Waals surface area contributed by atoms with Gasteiger partial charge in [-0.2, -0.15) is 5.10 Å². The van der Waals surface area contributed by atoms with Crippen LogP contribution in [-0.4, -0.2) is 33.9 Å². The molecule has 25 heavy (non-hydrogen) atoms. The molecule has 1 aromatic carbocycles. The predicted molar refractivity (Wildman–Crippen MR) is 96.0 cm³/mol. The summed E-state index contributed by atoms with van der Waals surface area (Å²) in [6.45, 7) is 5.23. The summed E-state index contributed by atoms with van der Waals surface area (Å²) in [6.07, 6.45) is 3.19. The maximum absolute atomic E-state index is 11.7. The number of thiazole rings is 1. The van der Waals surface area contributed by atoms with Gasteiger partial charge < -0.3 is 9.47 Å². The third-order valence-corrected chi connectivity index (χ3v) is 4.27. The second-order valence-corrected chi connectivity index (χ2v) is 6.18. The minimum absolute atomic E-state index is 0.348. The van der Waals surface area contributed by atoms with E-state index in [1.807, 2.05) is 36.6 Å². The van der Waals surface area contributed by atoms with Gasteiger partial charge in [0.25, 0.3) is 0 Å². The molecule has 0 radical (unpaired) electrons. The first kappa shape index (κ1) is 17.2. The van der Waals surface area contributed by atoms with E-state index in [4.69, 9.17) is 9.47 Å². The van der Waals surface area contributed by atoms with Gasteiger partial charge in [-0.05, 0) is 26.0 Å². The van der Waals surface area contributed by atoms with Gasteiger partial charge in [0.2, 0.25) is 0 Å². The Kier molecular flexibility index (Phi) is 5.45. The number of hydrogen-bond donors (Lipinski definition) is 0. The fourth-order valence-electron chi connectivity index (χ4n) is 2.34. The van der Waals surface area contributed by atoms with Gasteiger partial charge in [-0.15, -0.1) is 11.3 Å². The molecular weight excluding hydrogens is 338 g/mol. The molecule has 2 heterocycles. The Morgan fingerprint density at radius 2 is 2.16 bits per heavy atom. The van der Waals surface area contributed by atoms with Crippen molar-refractivity contribution in [3.63, 3.8) is 0 Å². The number of ether oxygens (including phenoxy) is 2. The molecule has 0 spiro atoms. The molecule has 0 N–H and O–H groups in total. The summed E-state index contributed by atoms with van der Waals surface area (Å²) >= 11 is 1.56. The predicted octanol–water partition coefficient (Wildman–Crippen LogP) is 3.63. The van der Waals surface area contributed by atoms with Crippen LogP contribution in [0.2, 0.25) is 0 Å². The van der Waals surface area contributed by atoms with Crippen molar-refractivity contribution in [1.29, 1.82) is 0 Å². The van der Waals surface area contributed by atoms with E-state index in [1.54, 1.807) is 29.1 Å². The van der Waals surface area contributed by atoms with Crippen LogP contribution in [0.4, 0.5) is 0 Å². The molecule has 3 aromatic rings. The molecule has 3 rings (SSSR count). The second-order valence-electron chi connectivity index (χ2n) is 5.23. The van der Waals surface area contributed by atoms with Crippen molar-refractivity contribution >= 4 is 17.3 Å². The smallest absolute Gasteiger partial charge is 0.341 e. The molecule has 0 aliphatic carbocycles. The van der Waals surface area contributed by atoms with E-state index in [-0.39, 0.29) is 5.97 Å². The van der Waals surface area contributed by atoms with Crippen LogP contribution in [0.15, 0.2) is 42.0 Å². The minimum atomic E-state index is -0.360. The zero-order chi connectivity index (χ0) is 17.6. The molecule has 0 saturated carbocycles. The summed E-state index contributed by atoms with van der Waals surface area (Å²) in [5.74, 6) is 0.474. The monoisotopic (exact) mass is 357 g/mol. The van der Waals surface area contributed by atoms with Crippen LogP contribution < -0.4 is 4.74 Å². The fourth-order valence-corrected chi connectivity index (χ4v) is 3.13. The highest BCUT2D eigenvalue weighted by Crippen LogP contribution is 2.25. The molecule has 130 valence electrons. The first-order valence-corrected chi connectivity index (χ1v) is 8.94. The van der Waals surface area contributed by atoms with E-state index in [0.29, 0.717) is 25.3 Å². The summed E-state index contributed by atoms with van der Waals surface area (Å²) in [6, 6.07) is 7.88. The summed E-state index contributed by atoms with van der Waals surface area (Å²) in [5, 5.41) is 7.12. The summed E-state index contributed by atoms with van der Waals surface area (Å²) in [7, 11) is 0. The van der Waals surface area contributed by atoms with Gasteiger partial charge in [0.15, 0.2) is 0 Å². The van der Waals surface area contributed by atoms with Crippen LogP contribution in [0.1, 0.15) is 29.2 Å². The normalized spacial score (nSPS) is 10.6. The first-order valence-electron chi connectivity index (χ1n) is 8.06. The van der Waals surface area contributed by atoms with Crippen LogP contribution in [0.25, 0.3) is 11.3 Å². The second kappa shape index (κ2) is 7.94. The Morgan fingerprint density at radius 3 is 2.96 bits per heavy atom. The van der Waals surface area contributed by atoms with E-state index in [9.17, 15) is 4.79 Å². The van der Waals surface area contributed by atoms with E-state index < -0.39 is 0 Å². The zero-order valence-electron chi connectivity index (χ0n) is 14.1. The van der Waals surface area contributed by atoms with Crippen LogP contribution in [-0.2, 0) is 11.3 Å². The molecule has 0 fully saturated rings. The lowest BCUT2D eigenvalue weighted by molar-refractivity contribution is 0.0526. The van der Waals surface area contributed by atoms with Crippen LogP contribution in [0.3, 0.4) is 0 Å². The van der Waals surface area contributed by atoms with Crippen LogP contribution >= 0.6 is 11.3 Å². The molecule has 2 aromatic heterocycles. The van der Waals surface area contributed by atoms with Crippen LogP contribution in [0, 0.1) is 0 Å². The van der Waals surface area contributed by atoms with Crippen molar-refractivity contribution in [1.82, 2.24) is 14.8 Å². The standard InChI is InChI=1S/C18H19N3O3S/c1-3-23-15-7-5-6-13(8-15)16-12-25-17(20-16)11-21-10-14(9-19-21)18(22)24-4-2/h5-10,12H,3-4,11H2,1-2H3. The number of nitrogens with zero attached hydrogens (tertiary/aromatic N) is 3. The Morgan fingerprint density at radius 1 is 1.28 bits per heavy atom. The maximum Gasteiger partial charge on any atom is 0.341 e. The number of aromatic nitrogens is 3. The Labute approximate surface area is 150 Å². The zero-order valence-corrected chi connectivity index (χ0v) is 15.0. The number of rotatable bonds is 7. The van der Waals surface area contributed by atoms with Gasteiger partial charge in [0.05, 0.1) is 37.2 Å². The van der Waals surface area contributed by atoms with Crippen molar-refractivity contribution in [2.45, 2.75) is 20.4 Å². The lowest BCUT2D eigenvalue weighted by atomic mass is 10.2. The van der Waals surface area contributed by atoms with Crippen molar-refractivity contribution in [2.75, 3.05) is 13.2 Å². The molecule has 0 bridgehead atoms. The molecule has 0 aliphatic heterocycles. The summed E-state index contributed by atoms with van der Waals surface area (Å²) in [5.41, 5.74) is 2.36. The molecule has 0 saturated heterocycles. The number of hydrogen-bond acceptors (Lipinski definition) is 6. The first-order chi connectivity index (χ1) is 12.2. The molecule has 0 aliphatic rings. The molecular formula is C18H19N3O3S. The Hall–Kier alpha value is -2.67. The third kappa shape index (κ3) is 4.24. The Balaban J connectivity index is 1.72. The molecule has 0 unspecified atom stereocenters. The minimum Gasteiger partial charge on any atom is -0.494 e. The lowest BCUT2D eigenvalue weighted by Gasteiger charge is -2.04. The summed E-state index contributed by atoms with van der Waals surface area (Å²) < 4.78 is 12.2. The SMILES string of the molecule is CCOC(=O)c1cnn(Cc2nc(-c3cccc(OCC)c3)cs2)c1. The van der Waals surface area contributed by atoms with Crippen molar-refractivity contribution in [3.8, 4) is 17.0 Å². The van der Waals surface area contributed by atoms with E-state index in [2.05, 4.69) is 10.1 Å². The molecule has 6 nitrogen and oxygen atoms in total. The highest BCUT2D eigenvalue weighted by atomic mass is 32.1. The average Bonchev–Trinajstić information content (AvgIpc) is 3.26. The largest absolute Gasteiger partial charge is 0.494 e. The molecule has 0 amide bonds. The van der Waals surface area contributed by atoms with E-state index in [0.717, 1.165) is 22.0 Å². The highest BCUT2D eigenvalue weighted by molar-refractivity contribution is 7.09. The van der Waals surface area contributed by atoms with Gasteiger partial charge >= 0.3 is 5.97 Å². The fraction of sp³-hybridized carbons (Fsp3) is 0.278. The van der Waals surface area contributed by atoms with Crippen LogP contribution in [0.5, 0.6) is 5.75 Å². The van der Waals surface area contributed by atoms with E-state index in [1.165, 1.54) is 6.20 Å². The topological polar surface area (TPSA) is 66.2 Å². The number of carbonyl (C=O) groups excluding carboxylic acids is 1. The summed E-state index contributed by atoms with van der Waals surface area (Å²) in [4.78, 5) is 16.3. The number of carbonyl (C=O) groups is 1. The highest BCUT2D eigenvalue weighted by Gasteiger charge is 2.11. The lowest BCUT2D eigenvalue weighted by Crippen LogP contribution is -2.04. The van der Waals surface area contributed by atoms with Gasteiger partial charge in [0, 0.05) is 17.1 Å². The maximum atomic E-state index is 11.7. The van der Waals surface area contributed by atoms with Crippen molar-refractivity contribution < 1.29 is 14.3 Å². The molecule has 0 atom stereocenters. The molecule has 7 heteroatoms. The third-order valence-electron chi connectivity index (χ3n) is 3.43. The van der Waals surface area contributed by atoms with Gasteiger partial charge in [0.1, 0.15) is 10.8 Å². The van der Waals surface area contributed by atoms with Gasteiger partial charge in [-0.3, -0.25) is 4.68 Å². The van der Waals surface area contributed by atoms with E-state index >= 15 is 0 Å². The Bertz CT molecular complexity index is 857.